The fourth-order valence-corrected chi connectivity index (χ4v) is 4.52. The number of carbonyl (C=O) groups excluding carboxylic acids is 2. The monoisotopic (exact) mass is 481 g/mol. The molecule has 2 aromatic carbocycles. The molecule has 0 aliphatic carbocycles. The zero-order chi connectivity index (χ0) is 25.2. The van der Waals surface area contributed by atoms with Crippen LogP contribution in [-0.2, 0) is 13.0 Å². The molecule has 1 aliphatic rings. The predicted molar refractivity (Wildman–Crippen MR) is 139 cm³/mol. The number of pyridine rings is 1. The van der Waals surface area contributed by atoms with Gasteiger partial charge in [-0.1, -0.05) is 36.4 Å². The normalized spacial score (nSPS) is 12.7. The highest BCUT2D eigenvalue weighted by Gasteiger charge is 2.22. The van der Waals surface area contributed by atoms with Gasteiger partial charge in [-0.25, -0.2) is 4.79 Å². The summed E-state index contributed by atoms with van der Waals surface area (Å²) < 4.78 is 0. The SMILES string of the molecule is Cc1cc(Nc2[nH]nc(-c3ccc(NC(=O)N4CCc5ccccc5C4)cc3)c2C(N)=O)cc(C)n1. The molecule has 0 spiro atoms. The number of H-pyrrole nitrogens is 1. The zero-order valence-corrected chi connectivity index (χ0v) is 20.1. The topological polar surface area (TPSA) is 129 Å². The maximum atomic E-state index is 12.8. The van der Waals surface area contributed by atoms with Crippen molar-refractivity contribution in [1.82, 2.24) is 20.1 Å². The van der Waals surface area contributed by atoms with Gasteiger partial charge in [0.05, 0.1) is 0 Å². The molecule has 9 heteroatoms. The standard InChI is InChI=1S/C27H27N7O2/c1-16-13-22(14-17(2)29-16)30-26-23(25(28)35)24(32-33-26)19-7-9-21(10-8-19)31-27(36)34-12-11-18-5-3-4-6-20(18)15-34/h3-10,13-14H,11-12,15H2,1-2H3,(H2,28,35)(H,31,36)(H2,29,30,32,33). The molecule has 0 atom stereocenters. The summed E-state index contributed by atoms with van der Waals surface area (Å²) in [5.41, 5.74) is 12.7. The molecule has 5 rings (SSSR count). The van der Waals surface area contributed by atoms with Crippen LogP contribution in [0.15, 0.2) is 60.7 Å². The van der Waals surface area contributed by atoms with Crippen LogP contribution in [0, 0.1) is 13.8 Å². The summed E-state index contributed by atoms with van der Waals surface area (Å²) in [6.07, 6.45) is 0.840. The van der Waals surface area contributed by atoms with E-state index in [0.717, 1.165) is 23.5 Å². The van der Waals surface area contributed by atoms with Gasteiger partial charge in [0.25, 0.3) is 5.91 Å². The van der Waals surface area contributed by atoms with E-state index >= 15 is 0 Å². The number of rotatable bonds is 5. The molecular formula is C27H27N7O2. The second-order valence-corrected chi connectivity index (χ2v) is 8.90. The molecule has 0 radical (unpaired) electrons. The number of hydrogen-bond donors (Lipinski definition) is 4. The molecule has 9 nitrogen and oxygen atoms in total. The minimum atomic E-state index is -0.605. The quantitative estimate of drug-likeness (QED) is 0.333. The highest BCUT2D eigenvalue weighted by atomic mass is 16.2. The minimum Gasteiger partial charge on any atom is -0.365 e. The van der Waals surface area contributed by atoms with Crippen LogP contribution in [0.4, 0.5) is 22.0 Å². The number of nitrogens with one attached hydrogen (secondary N) is 3. The molecule has 4 aromatic rings. The molecule has 0 saturated carbocycles. The van der Waals surface area contributed by atoms with E-state index in [1.165, 1.54) is 11.1 Å². The average Bonchev–Trinajstić information content (AvgIpc) is 3.27. The molecule has 2 aromatic heterocycles. The molecule has 0 saturated heterocycles. The number of urea groups is 1. The van der Waals surface area contributed by atoms with Crippen molar-refractivity contribution in [3.63, 3.8) is 0 Å². The molecule has 3 heterocycles. The Bertz CT molecular complexity index is 1420. The molecule has 0 bridgehead atoms. The Kier molecular flexibility index (Phi) is 6.12. The van der Waals surface area contributed by atoms with Gasteiger partial charge in [-0.3, -0.25) is 14.9 Å². The predicted octanol–water partition coefficient (Wildman–Crippen LogP) is 4.52. The van der Waals surface area contributed by atoms with Gasteiger partial charge in [0, 0.05) is 41.4 Å². The highest BCUT2D eigenvalue weighted by Crippen LogP contribution is 2.30. The van der Waals surface area contributed by atoms with Gasteiger partial charge in [-0.2, -0.15) is 5.10 Å². The molecule has 5 N–H and O–H groups in total. The number of fused-ring (bicyclic) bond motifs is 1. The minimum absolute atomic E-state index is 0.149. The summed E-state index contributed by atoms with van der Waals surface area (Å²) in [5.74, 6) is -0.197. The maximum Gasteiger partial charge on any atom is 0.322 e. The lowest BCUT2D eigenvalue weighted by atomic mass is 10.0. The van der Waals surface area contributed by atoms with Crippen molar-refractivity contribution in [1.29, 1.82) is 0 Å². The summed E-state index contributed by atoms with van der Waals surface area (Å²) in [5, 5.41) is 13.4. The van der Waals surface area contributed by atoms with E-state index in [4.69, 9.17) is 5.73 Å². The van der Waals surface area contributed by atoms with Crippen molar-refractivity contribution in [3.8, 4) is 11.3 Å². The van der Waals surface area contributed by atoms with Gasteiger partial charge >= 0.3 is 6.03 Å². The Morgan fingerprint density at radius 3 is 2.36 bits per heavy atom. The van der Waals surface area contributed by atoms with Crippen molar-refractivity contribution in [3.05, 3.63) is 88.7 Å². The summed E-state index contributed by atoms with van der Waals surface area (Å²) in [7, 11) is 0. The largest absolute Gasteiger partial charge is 0.365 e. The van der Waals surface area contributed by atoms with Crippen LogP contribution in [0.1, 0.15) is 32.9 Å². The Balaban J connectivity index is 1.32. The lowest BCUT2D eigenvalue weighted by molar-refractivity contribution is 0.100. The third kappa shape index (κ3) is 4.76. The van der Waals surface area contributed by atoms with Gasteiger partial charge in [0.1, 0.15) is 17.1 Å². The van der Waals surface area contributed by atoms with Crippen molar-refractivity contribution in [2.24, 2.45) is 5.73 Å². The van der Waals surface area contributed by atoms with Crippen LogP contribution in [0.3, 0.4) is 0 Å². The van der Waals surface area contributed by atoms with Crippen LogP contribution < -0.4 is 16.4 Å². The van der Waals surface area contributed by atoms with Gasteiger partial charge in [-0.15, -0.1) is 0 Å². The van der Waals surface area contributed by atoms with E-state index in [9.17, 15) is 9.59 Å². The van der Waals surface area contributed by atoms with Crippen molar-refractivity contribution in [2.75, 3.05) is 17.2 Å². The number of nitrogens with two attached hydrogens (primary N) is 1. The summed E-state index contributed by atoms with van der Waals surface area (Å²) in [4.78, 5) is 31.3. The highest BCUT2D eigenvalue weighted by molar-refractivity contribution is 6.04. The van der Waals surface area contributed by atoms with E-state index in [2.05, 4.69) is 37.9 Å². The lowest BCUT2D eigenvalue weighted by Crippen LogP contribution is -2.38. The summed E-state index contributed by atoms with van der Waals surface area (Å²) in [6, 6.07) is 19.0. The third-order valence-electron chi connectivity index (χ3n) is 6.19. The van der Waals surface area contributed by atoms with Crippen LogP contribution in [0.25, 0.3) is 11.3 Å². The van der Waals surface area contributed by atoms with Crippen LogP contribution >= 0.6 is 0 Å². The Hall–Kier alpha value is -4.66. The number of primary amides is 1. The first-order valence-electron chi connectivity index (χ1n) is 11.7. The van der Waals surface area contributed by atoms with E-state index < -0.39 is 5.91 Å². The van der Waals surface area contributed by atoms with E-state index in [0.29, 0.717) is 35.9 Å². The summed E-state index contributed by atoms with van der Waals surface area (Å²) in [6.45, 7) is 5.05. The van der Waals surface area contributed by atoms with E-state index in [1.807, 2.05) is 38.1 Å². The molecule has 1 aliphatic heterocycles. The number of aromatic nitrogens is 3. The zero-order valence-electron chi connectivity index (χ0n) is 20.1. The molecule has 0 fully saturated rings. The first-order chi connectivity index (χ1) is 17.4. The van der Waals surface area contributed by atoms with Crippen molar-refractivity contribution >= 4 is 29.1 Å². The molecule has 36 heavy (non-hydrogen) atoms. The third-order valence-corrected chi connectivity index (χ3v) is 6.19. The Labute approximate surface area is 208 Å². The van der Waals surface area contributed by atoms with Gasteiger partial charge in [-0.05, 0) is 55.7 Å². The first kappa shape index (κ1) is 23.1. The Morgan fingerprint density at radius 1 is 0.972 bits per heavy atom. The number of anilines is 3. The molecule has 0 unspecified atom stereocenters. The number of aromatic amines is 1. The van der Waals surface area contributed by atoms with Gasteiger partial charge in [0.2, 0.25) is 0 Å². The lowest BCUT2D eigenvalue weighted by Gasteiger charge is -2.29. The number of carbonyl (C=O) groups is 2. The van der Waals surface area contributed by atoms with E-state index in [-0.39, 0.29) is 11.6 Å². The van der Waals surface area contributed by atoms with E-state index in [1.54, 1.807) is 29.2 Å². The van der Waals surface area contributed by atoms with Gasteiger partial charge < -0.3 is 21.3 Å². The van der Waals surface area contributed by atoms with Crippen LogP contribution in [-0.4, -0.2) is 38.6 Å². The number of aryl methyl sites for hydroxylation is 2. The summed E-state index contributed by atoms with van der Waals surface area (Å²) >= 11 is 0. The Morgan fingerprint density at radius 2 is 1.67 bits per heavy atom. The van der Waals surface area contributed by atoms with Crippen LogP contribution in [0.5, 0.6) is 0 Å². The fourth-order valence-electron chi connectivity index (χ4n) is 4.52. The van der Waals surface area contributed by atoms with Crippen LogP contribution in [0.2, 0.25) is 0 Å². The number of benzene rings is 2. The number of hydrogen-bond acceptors (Lipinski definition) is 5. The number of amides is 3. The molecular weight excluding hydrogens is 454 g/mol. The fraction of sp³-hybridized carbons (Fsp3) is 0.185. The molecule has 3 amide bonds. The van der Waals surface area contributed by atoms with Gasteiger partial charge in [0.15, 0.2) is 0 Å². The first-order valence-corrected chi connectivity index (χ1v) is 11.7. The van der Waals surface area contributed by atoms with Crippen molar-refractivity contribution < 1.29 is 9.59 Å². The molecule has 182 valence electrons. The smallest absolute Gasteiger partial charge is 0.322 e. The van der Waals surface area contributed by atoms with Crippen molar-refractivity contribution in [2.45, 2.75) is 26.8 Å². The average molecular weight is 482 g/mol. The second-order valence-electron chi connectivity index (χ2n) is 8.90. The number of nitrogens with zero attached hydrogens (tertiary/aromatic N) is 3. The maximum absolute atomic E-state index is 12.8. The second kappa shape index (κ2) is 9.53.